The van der Waals surface area contributed by atoms with Crippen molar-refractivity contribution >= 4 is 27.3 Å². The summed E-state index contributed by atoms with van der Waals surface area (Å²) in [5, 5.41) is 3.49. The zero-order valence-electron chi connectivity index (χ0n) is 16.8. The summed E-state index contributed by atoms with van der Waals surface area (Å²) < 4.78 is 26.9. The number of hydrogen-bond donors (Lipinski definition) is 3. The van der Waals surface area contributed by atoms with Crippen molar-refractivity contribution in [3.05, 3.63) is 54.1 Å². The summed E-state index contributed by atoms with van der Waals surface area (Å²) in [5.74, 6) is 0.114. The molecule has 0 fully saturated rings. The molecule has 1 heterocycles. The molecule has 0 spiro atoms. The van der Waals surface area contributed by atoms with Crippen LogP contribution in [-0.4, -0.2) is 33.5 Å². The molecule has 0 unspecified atom stereocenters. The summed E-state index contributed by atoms with van der Waals surface area (Å²) in [6, 6.07) is 14.7. The van der Waals surface area contributed by atoms with Crippen molar-refractivity contribution in [3.8, 4) is 0 Å². The molecule has 1 aliphatic heterocycles. The van der Waals surface area contributed by atoms with E-state index in [9.17, 15) is 13.2 Å². The van der Waals surface area contributed by atoms with Gasteiger partial charge in [-0.05, 0) is 49.2 Å². The van der Waals surface area contributed by atoms with Crippen LogP contribution in [-0.2, 0) is 14.8 Å². The fraction of sp³-hybridized carbons (Fsp3) is 0.381. The van der Waals surface area contributed by atoms with Crippen LogP contribution in [0.25, 0.3) is 0 Å². The first-order valence-corrected chi connectivity index (χ1v) is 11.3. The van der Waals surface area contributed by atoms with E-state index in [2.05, 4.69) is 17.0 Å². The Labute approximate surface area is 172 Å². The second-order valence-corrected chi connectivity index (χ2v) is 8.94. The van der Waals surface area contributed by atoms with Crippen LogP contribution in [0.5, 0.6) is 0 Å². The lowest BCUT2D eigenvalue weighted by Crippen LogP contribution is -2.44. The van der Waals surface area contributed by atoms with Crippen LogP contribution in [0.4, 0.5) is 11.4 Å². The Morgan fingerprint density at radius 1 is 1.17 bits per heavy atom. The maximum atomic E-state index is 12.4. The number of benzene rings is 2. The van der Waals surface area contributed by atoms with E-state index in [0.29, 0.717) is 6.42 Å². The molecule has 0 bridgehead atoms. The van der Waals surface area contributed by atoms with Gasteiger partial charge in [-0.2, -0.15) is 0 Å². The highest BCUT2D eigenvalue weighted by Gasteiger charge is 2.32. The third-order valence-corrected chi connectivity index (χ3v) is 6.58. The standard InChI is InChI=1S/C21H28N4O3S/c1-3-21(26)25-15(2)14-19(18-6-4-5-7-20(18)25)24-16-8-10-17(11-9-16)29(27,28)23-13-12-22/h4-11,15,19,23-24H,3,12-14,22H2,1-2H3/t15-,19+/m0/s1. The molecular weight excluding hydrogens is 388 g/mol. The Morgan fingerprint density at radius 3 is 2.52 bits per heavy atom. The van der Waals surface area contributed by atoms with Crippen LogP contribution >= 0.6 is 0 Å². The van der Waals surface area contributed by atoms with E-state index in [1.807, 2.05) is 36.1 Å². The number of nitrogens with one attached hydrogen (secondary N) is 2. The lowest BCUT2D eigenvalue weighted by atomic mass is 9.91. The zero-order valence-corrected chi connectivity index (χ0v) is 17.6. The van der Waals surface area contributed by atoms with Crippen LogP contribution in [0.2, 0.25) is 0 Å². The smallest absolute Gasteiger partial charge is 0.240 e. The molecular formula is C21H28N4O3S. The molecule has 0 radical (unpaired) electrons. The van der Waals surface area contributed by atoms with Crippen molar-refractivity contribution in [3.63, 3.8) is 0 Å². The molecule has 2 aromatic carbocycles. The molecule has 7 nitrogen and oxygen atoms in total. The van der Waals surface area contributed by atoms with Crippen LogP contribution in [0.3, 0.4) is 0 Å². The average molecular weight is 417 g/mol. The number of rotatable bonds is 7. The number of sulfonamides is 1. The Balaban J connectivity index is 1.82. The fourth-order valence-electron chi connectivity index (χ4n) is 3.71. The van der Waals surface area contributed by atoms with Gasteiger partial charge in [0.2, 0.25) is 15.9 Å². The minimum atomic E-state index is -3.55. The molecule has 0 aliphatic carbocycles. The molecule has 156 valence electrons. The molecule has 0 saturated carbocycles. The minimum absolute atomic E-state index is 0.0277. The van der Waals surface area contributed by atoms with E-state index < -0.39 is 10.0 Å². The lowest BCUT2D eigenvalue weighted by molar-refractivity contribution is -0.118. The van der Waals surface area contributed by atoms with Gasteiger partial charge >= 0.3 is 0 Å². The summed E-state index contributed by atoms with van der Waals surface area (Å²) in [5.41, 5.74) is 8.19. The first-order chi connectivity index (χ1) is 13.9. The number of nitrogens with zero attached hydrogens (tertiary/aromatic N) is 1. The van der Waals surface area contributed by atoms with Crippen molar-refractivity contribution < 1.29 is 13.2 Å². The maximum Gasteiger partial charge on any atom is 0.240 e. The van der Waals surface area contributed by atoms with E-state index in [-0.39, 0.29) is 36.0 Å². The fourth-order valence-corrected chi connectivity index (χ4v) is 4.76. The maximum absolute atomic E-state index is 12.4. The number of para-hydroxylation sites is 1. The van der Waals surface area contributed by atoms with Crippen LogP contribution < -0.4 is 20.7 Å². The highest BCUT2D eigenvalue weighted by Crippen LogP contribution is 2.39. The van der Waals surface area contributed by atoms with Crippen LogP contribution in [0.15, 0.2) is 53.4 Å². The Morgan fingerprint density at radius 2 is 1.86 bits per heavy atom. The van der Waals surface area contributed by atoms with Crippen molar-refractivity contribution in [1.82, 2.24) is 4.72 Å². The second-order valence-electron chi connectivity index (χ2n) is 7.17. The number of amides is 1. The van der Waals surface area contributed by atoms with Crippen molar-refractivity contribution in [1.29, 1.82) is 0 Å². The predicted molar refractivity (Wildman–Crippen MR) is 115 cm³/mol. The number of carbonyl (C=O) groups excluding carboxylic acids is 1. The van der Waals surface area contributed by atoms with E-state index in [0.717, 1.165) is 23.4 Å². The molecule has 2 atom stereocenters. The highest BCUT2D eigenvalue weighted by atomic mass is 32.2. The molecule has 1 amide bonds. The average Bonchev–Trinajstić information content (AvgIpc) is 2.72. The van der Waals surface area contributed by atoms with Gasteiger partial charge in [0.05, 0.1) is 10.9 Å². The van der Waals surface area contributed by atoms with E-state index in [1.54, 1.807) is 24.3 Å². The summed E-state index contributed by atoms with van der Waals surface area (Å²) in [6.45, 7) is 4.37. The molecule has 8 heteroatoms. The Hall–Kier alpha value is -2.42. The van der Waals surface area contributed by atoms with Crippen molar-refractivity contribution in [2.75, 3.05) is 23.3 Å². The van der Waals surface area contributed by atoms with Gasteiger partial charge in [0.25, 0.3) is 0 Å². The lowest BCUT2D eigenvalue weighted by Gasteiger charge is -2.40. The summed E-state index contributed by atoms with van der Waals surface area (Å²) in [4.78, 5) is 14.5. The van der Waals surface area contributed by atoms with Crippen molar-refractivity contribution in [2.24, 2.45) is 5.73 Å². The van der Waals surface area contributed by atoms with Gasteiger partial charge in [-0.25, -0.2) is 13.1 Å². The summed E-state index contributed by atoms with van der Waals surface area (Å²) >= 11 is 0. The number of hydrogen-bond acceptors (Lipinski definition) is 5. The van der Waals surface area contributed by atoms with Gasteiger partial charge in [0.15, 0.2) is 0 Å². The van der Waals surface area contributed by atoms with Crippen LogP contribution in [0.1, 0.15) is 38.3 Å². The molecule has 2 aromatic rings. The summed E-state index contributed by atoms with van der Waals surface area (Å²) in [6.07, 6.45) is 1.23. The second kappa shape index (κ2) is 8.94. The molecule has 3 rings (SSSR count). The SMILES string of the molecule is CCC(=O)N1c2ccccc2[C@H](Nc2ccc(S(=O)(=O)NCCN)cc2)C[C@@H]1C. The van der Waals surface area contributed by atoms with Gasteiger partial charge in [-0.1, -0.05) is 25.1 Å². The van der Waals surface area contributed by atoms with Gasteiger partial charge < -0.3 is 16.0 Å². The van der Waals surface area contributed by atoms with E-state index >= 15 is 0 Å². The van der Waals surface area contributed by atoms with Crippen molar-refractivity contribution in [2.45, 2.75) is 43.7 Å². The third-order valence-electron chi connectivity index (χ3n) is 5.10. The van der Waals surface area contributed by atoms with Gasteiger partial charge in [-0.15, -0.1) is 0 Å². The highest BCUT2D eigenvalue weighted by molar-refractivity contribution is 7.89. The van der Waals surface area contributed by atoms with E-state index in [4.69, 9.17) is 5.73 Å². The Kier molecular flexibility index (Phi) is 6.56. The molecule has 4 N–H and O–H groups in total. The first kappa shape index (κ1) is 21.3. The number of carbonyl (C=O) groups is 1. The van der Waals surface area contributed by atoms with Gasteiger partial charge in [0, 0.05) is 36.9 Å². The molecule has 0 aromatic heterocycles. The Bertz CT molecular complexity index is 960. The number of anilines is 2. The molecule has 29 heavy (non-hydrogen) atoms. The number of fused-ring (bicyclic) bond motifs is 1. The van der Waals surface area contributed by atoms with Crippen LogP contribution in [0, 0.1) is 0 Å². The molecule has 0 saturated heterocycles. The monoisotopic (exact) mass is 416 g/mol. The predicted octanol–water partition coefficient (Wildman–Crippen LogP) is 2.61. The van der Waals surface area contributed by atoms with Gasteiger partial charge in [-0.3, -0.25) is 4.79 Å². The van der Waals surface area contributed by atoms with E-state index in [1.165, 1.54) is 0 Å². The minimum Gasteiger partial charge on any atom is -0.378 e. The zero-order chi connectivity index (χ0) is 21.0. The quantitative estimate of drug-likeness (QED) is 0.644. The third kappa shape index (κ3) is 4.60. The van der Waals surface area contributed by atoms with Gasteiger partial charge in [0.1, 0.15) is 0 Å². The summed E-state index contributed by atoms with van der Waals surface area (Å²) in [7, 11) is -3.55. The normalized spacial score (nSPS) is 18.9. The topological polar surface area (TPSA) is 105 Å². The largest absolute Gasteiger partial charge is 0.378 e. The molecule has 1 aliphatic rings. The first-order valence-electron chi connectivity index (χ1n) is 9.84. The number of nitrogens with two attached hydrogens (primary N) is 1.